The molecule has 25 heavy (non-hydrogen) atoms. The van der Waals surface area contributed by atoms with Crippen molar-refractivity contribution in [3.63, 3.8) is 0 Å². The summed E-state index contributed by atoms with van der Waals surface area (Å²) in [7, 11) is 1.55. The Morgan fingerprint density at radius 1 is 1.16 bits per heavy atom. The highest BCUT2D eigenvalue weighted by molar-refractivity contribution is 5.89. The molecule has 0 fully saturated rings. The number of rotatable bonds is 6. The second-order valence-electron chi connectivity index (χ2n) is 5.38. The summed E-state index contributed by atoms with van der Waals surface area (Å²) in [6.45, 7) is 1.03. The maximum absolute atomic E-state index is 12.0. The van der Waals surface area contributed by atoms with E-state index in [1.54, 1.807) is 25.6 Å². The highest BCUT2D eigenvalue weighted by Gasteiger charge is 2.06. The summed E-state index contributed by atoms with van der Waals surface area (Å²) in [4.78, 5) is 16.1. The van der Waals surface area contributed by atoms with Gasteiger partial charge in [0, 0.05) is 36.4 Å². The number of pyridine rings is 1. The quantitative estimate of drug-likeness (QED) is 0.724. The first-order valence-corrected chi connectivity index (χ1v) is 7.83. The molecule has 3 aromatic rings. The summed E-state index contributed by atoms with van der Waals surface area (Å²) in [5.74, 6) is 0.505. The van der Waals surface area contributed by atoms with Gasteiger partial charge in [0.15, 0.2) is 0 Å². The molecule has 7 nitrogen and oxygen atoms in total. The third kappa shape index (κ3) is 4.57. The van der Waals surface area contributed by atoms with Crippen molar-refractivity contribution in [2.24, 2.45) is 0 Å². The van der Waals surface area contributed by atoms with Gasteiger partial charge in [-0.05, 0) is 29.8 Å². The number of hydrogen-bond acceptors (Lipinski definition) is 4. The molecule has 7 heteroatoms. The van der Waals surface area contributed by atoms with Crippen molar-refractivity contribution >= 4 is 11.7 Å². The van der Waals surface area contributed by atoms with Gasteiger partial charge in [-0.1, -0.05) is 18.2 Å². The highest BCUT2D eigenvalue weighted by atomic mass is 16.5. The van der Waals surface area contributed by atoms with Gasteiger partial charge < -0.3 is 15.4 Å². The molecule has 0 bridgehead atoms. The minimum Gasteiger partial charge on any atom is -0.481 e. The standard InChI is InChI=1S/C18H19N5O2/c1-25-17-15(4-2-9-19-17)12-20-18(24)22-16-7-5-14(6-8-16)13-23-11-3-10-21-23/h2-11H,12-13H2,1H3,(H2,20,22,24). The predicted molar refractivity (Wildman–Crippen MR) is 94.4 cm³/mol. The van der Waals surface area contributed by atoms with Crippen molar-refractivity contribution in [1.82, 2.24) is 20.1 Å². The molecule has 0 aliphatic rings. The normalized spacial score (nSPS) is 10.3. The van der Waals surface area contributed by atoms with Gasteiger partial charge in [0.2, 0.25) is 5.88 Å². The highest BCUT2D eigenvalue weighted by Crippen LogP contribution is 2.13. The van der Waals surface area contributed by atoms with E-state index in [0.29, 0.717) is 19.0 Å². The van der Waals surface area contributed by atoms with Crippen LogP contribution in [0.3, 0.4) is 0 Å². The molecule has 0 saturated carbocycles. The van der Waals surface area contributed by atoms with Crippen LogP contribution >= 0.6 is 0 Å². The van der Waals surface area contributed by atoms with Crippen LogP contribution in [0.2, 0.25) is 0 Å². The molecule has 2 aromatic heterocycles. The van der Waals surface area contributed by atoms with Crippen molar-refractivity contribution < 1.29 is 9.53 Å². The molecule has 0 aliphatic heterocycles. The number of aromatic nitrogens is 3. The largest absolute Gasteiger partial charge is 0.481 e. The van der Waals surface area contributed by atoms with Gasteiger partial charge in [-0.3, -0.25) is 4.68 Å². The van der Waals surface area contributed by atoms with Crippen LogP contribution < -0.4 is 15.4 Å². The number of nitrogens with zero attached hydrogens (tertiary/aromatic N) is 3. The molecule has 0 aliphatic carbocycles. The van der Waals surface area contributed by atoms with E-state index in [1.807, 2.05) is 47.3 Å². The van der Waals surface area contributed by atoms with Gasteiger partial charge in [0.1, 0.15) is 0 Å². The van der Waals surface area contributed by atoms with E-state index in [2.05, 4.69) is 20.7 Å². The molecular weight excluding hydrogens is 318 g/mol. The zero-order valence-corrected chi connectivity index (χ0v) is 13.8. The van der Waals surface area contributed by atoms with Crippen LogP contribution in [-0.4, -0.2) is 27.9 Å². The average Bonchev–Trinajstić information content (AvgIpc) is 3.15. The molecule has 128 valence electrons. The predicted octanol–water partition coefficient (Wildman–Crippen LogP) is 2.66. The number of ether oxygens (including phenoxy) is 1. The van der Waals surface area contributed by atoms with Crippen molar-refractivity contribution in [3.8, 4) is 5.88 Å². The first-order valence-electron chi connectivity index (χ1n) is 7.83. The molecule has 2 amide bonds. The lowest BCUT2D eigenvalue weighted by atomic mass is 10.2. The number of benzene rings is 1. The zero-order valence-electron chi connectivity index (χ0n) is 13.8. The third-order valence-corrected chi connectivity index (χ3v) is 3.60. The molecule has 0 radical (unpaired) electrons. The Hall–Kier alpha value is -3.35. The van der Waals surface area contributed by atoms with Gasteiger partial charge in [-0.25, -0.2) is 9.78 Å². The molecule has 0 saturated heterocycles. The second-order valence-corrected chi connectivity index (χ2v) is 5.38. The van der Waals surface area contributed by atoms with Crippen LogP contribution in [0.25, 0.3) is 0 Å². The van der Waals surface area contributed by atoms with E-state index in [9.17, 15) is 4.79 Å². The molecule has 3 rings (SSSR count). The first-order chi connectivity index (χ1) is 12.2. The van der Waals surface area contributed by atoms with E-state index >= 15 is 0 Å². The SMILES string of the molecule is COc1ncccc1CNC(=O)Nc1ccc(Cn2cccn2)cc1. The Balaban J connectivity index is 1.52. The number of carbonyl (C=O) groups excluding carboxylic acids is 1. The van der Waals surface area contributed by atoms with Crippen molar-refractivity contribution in [1.29, 1.82) is 0 Å². The number of methoxy groups -OCH3 is 1. The summed E-state index contributed by atoms with van der Waals surface area (Å²) in [6, 6.07) is 12.9. The molecule has 2 heterocycles. The van der Waals surface area contributed by atoms with Crippen molar-refractivity contribution in [3.05, 3.63) is 72.2 Å². The molecular formula is C18H19N5O2. The van der Waals surface area contributed by atoms with Gasteiger partial charge >= 0.3 is 6.03 Å². The van der Waals surface area contributed by atoms with Gasteiger partial charge in [-0.15, -0.1) is 0 Å². The fourth-order valence-electron chi connectivity index (χ4n) is 2.37. The summed E-state index contributed by atoms with van der Waals surface area (Å²) >= 11 is 0. The van der Waals surface area contributed by atoms with Gasteiger partial charge in [0.25, 0.3) is 0 Å². The van der Waals surface area contributed by atoms with Gasteiger partial charge in [-0.2, -0.15) is 5.10 Å². The Morgan fingerprint density at radius 2 is 2.00 bits per heavy atom. The number of carbonyl (C=O) groups is 1. The van der Waals surface area contributed by atoms with Crippen LogP contribution in [0.5, 0.6) is 5.88 Å². The Morgan fingerprint density at radius 3 is 2.72 bits per heavy atom. The third-order valence-electron chi connectivity index (χ3n) is 3.60. The van der Waals surface area contributed by atoms with Crippen LogP contribution in [-0.2, 0) is 13.1 Å². The fraction of sp³-hybridized carbons (Fsp3) is 0.167. The Bertz CT molecular complexity index is 816. The van der Waals surface area contributed by atoms with Crippen molar-refractivity contribution in [2.45, 2.75) is 13.1 Å². The molecule has 0 atom stereocenters. The molecule has 0 unspecified atom stereocenters. The van der Waals surface area contributed by atoms with E-state index < -0.39 is 0 Å². The average molecular weight is 337 g/mol. The summed E-state index contributed by atoms with van der Waals surface area (Å²) in [5, 5.41) is 9.76. The summed E-state index contributed by atoms with van der Waals surface area (Å²) in [6.07, 6.45) is 5.30. The minimum atomic E-state index is -0.286. The van der Waals surface area contributed by atoms with E-state index in [0.717, 1.165) is 16.8 Å². The van der Waals surface area contributed by atoms with Crippen LogP contribution in [0, 0.1) is 0 Å². The number of nitrogens with one attached hydrogen (secondary N) is 2. The number of anilines is 1. The zero-order chi connectivity index (χ0) is 17.5. The van der Waals surface area contributed by atoms with E-state index in [4.69, 9.17) is 4.74 Å². The van der Waals surface area contributed by atoms with Crippen molar-refractivity contribution in [2.75, 3.05) is 12.4 Å². The first kappa shape index (κ1) is 16.5. The van der Waals surface area contributed by atoms with Crippen LogP contribution in [0.15, 0.2) is 61.1 Å². The molecule has 1 aromatic carbocycles. The number of amides is 2. The van der Waals surface area contributed by atoms with Crippen LogP contribution in [0.1, 0.15) is 11.1 Å². The second kappa shape index (κ2) is 7.96. The number of urea groups is 1. The lowest BCUT2D eigenvalue weighted by Crippen LogP contribution is -2.28. The Kier molecular flexibility index (Phi) is 5.26. The monoisotopic (exact) mass is 337 g/mol. The smallest absolute Gasteiger partial charge is 0.319 e. The van der Waals surface area contributed by atoms with Crippen LogP contribution in [0.4, 0.5) is 10.5 Å². The number of hydrogen-bond donors (Lipinski definition) is 2. The summed E-state index contributed by atoms with van der Waals surface area (Å²) in [5.41, 5.74) is 2.64. The molecule has 0 spiro atoms. The maximum Gasteiger partial charge on any atom is 0.319 e. The maximum atomic E-state index is 12.0. The molecule has 2 N–H and O–H groups in total. The van der Waals surface area contributed by atoms with E-state index in [1.165, 1.54) is 0 Å². The lowest BCUT2D eigenvalue weighted by molar-refractivity contribution is 0.251. The van der Waals surface area contributed by atoms with Gasteiger partial charge in [0.05, 0.1) is 13.7 Å². The fourth-order valence-corrected chi connectivity index (χ4v) is 2.37. The lowest BCUT2D eigenvalue weighted by Gasteiger charge is -2.10. The Labute approximate surface area is 145 Å². The summed E-state index contributed by atoms with van der Waals surface area (Å²) < 4.78 is 7.01. The minimum absolute atomic E-state index is 0.286. The van der Waals surface area contributed by atoms with E-state index in [-0.39, 0.29) is 6.03 Å². The topological polar surface area (TPSA) is 81.1 Å².